The van der Waals surface area contributed by atoms with Crippen LogP contribution in [0.25, 0.3) is 0 Å². The predicted molar refractivity (Wildman–Crippen MR) is 108 cm³/mol. The fourth-order valence-corrected chi connectivity index (χ4v) is 2.30. The Hall–Kier alpha value is -3.28. The Morgan fingerprint density at radius 3 is 2.36 bits per heavy atom. The van der Waals surface area contributed by atoms with Crippen LogP contribution in [0.2, 0.25) is 0 Å². The van der Waals surface area contributed by atoms with Gasteiger partial charge >= 0.3 is 0 Å². The molecule has 2 N–H and O–H groups in total. The number of nitrogens with one attached hydrogen (secondary N) is 2. The molecule has 6 heteroatoms. The Morgan fingerprint density at radius 2 is 1.68 bits per heavy atom. The minimum atomic E-state index is -0.445. The van der Waals surface area contributed by atoms with Gasteiger partial charge < -0.3 is 9.47 Å². The minimum Gasteiger partial charge on any atom is -0.493 e. The SMILES string of the molecule is C=CCOc1ccc(C(=O)NNC(=O)c2ccccc2OCCC(C)C)cc1. The monoisotopic (exact) mass is 382 g/mol. The van der Waals surface area contributed by atoms with E-state index >= 15 is 0 Å². The summed E-state index contributed by atoms with van der Waals surface area (Å²) in [5.41, 5.74) is 5.59. The highest BCUT2D eigenvalue weighted by Crippen LogP contribution is 2.18. The molecule has 148 valence electrons. The Bertz CT molecular complexity index is 800. The van der Waals surface area contributed by atoms with Gasteiger partial charge in [0.2, 0.25) is 0 Å². The zero-order chi connectivity index (χ0) is 20.4. The molecule has 0 aromatic heterocycles. The molecule has 6 nitrogen and oxygen atoms in total. The van der Waals surface area contributed by atoms with Crippen molar-refractivity contribution >= 4 is 11.8 Å². The van der Waals surface area contributed by atoms with Crippen LogP contribution in [0.15, 0.2) is 61.2 Å². The largest absolute Gasteiger partial charge is 0.493 e. The third kappa shape index (κ3) is 6.46. The van der Waals surface area contributed by atoms with Gasteiger partial charge in [-0.1, -0.05) is 38.6 Å². The van der Waals surface area contributed by atoms with Crippen molar-refractivity contribution in [3.8, 4) is 11.5 Å². The van der Waals surface area contributed by atoms with Gasteiger partial charge in [-0.05, 0) is 48.7 Å². The van der Waals surface area contributed by atoms with Crippen LogP contribution in [0.5, 0.6) is 11.5 Å². The summed E-state index contributed by atoms with van der Waals surface area (Å²) in [6, 6.07) is 13.5. The second kappa shape index (κ2) is 10.8. The van der Waals surface area contributed by atoms with E-state index in [0.29, 0.717) is 41.8 Å². The molecule has 0 heterocycles. The first-order chi connectivity index (χ1) is 13.5. The maximum absolute atomic E-state index is 12.4. The number of para-hydroxylation sites is 1. The lowest BCUT2D eigenvalue weighted by molar-refractivity contribution is 0.0844. The summed E-state index contributed by atoms with van der Waals surface area (Å²) in [4.78, 5) is 24.7. The number of rotatable bonds is 9. The molecule has 0 saturated carbocycles. The predicted octanol–water partition coefficient (Wildman–Crippen LogP) is 3.75. The lowest BCUT2D eigenvalue weighted by Crippen LogP contribution is -2.41. The lowest BCUT2D eigenvalue weighted by Gasteiger charge is -2.13. The Labute approximate surface area is 165 Å². The van der Waals surface area contributed by atoms with Crippen LogP contribution in [-0.4, -0.2) is 25.0 Å². The summed E-state index contributed by atoms with van der Waals surface area (Å²) in [6.07, 6.45) is 2.53. The molecule has 0 aliphatic carbocycles. The molecular weight excluding hydrogens is 356 g/mol. The van der Waals surface area contributed by atoms with E-state index in [0.717, 1.165) is 6.42 Å². The number of ether oxygens (including phenoxy) is 2. The van der Waals surface area contributed by atoms with Gasteiger partial charge in [0.1, 0.15) is 18.1 Å². The van der Waals surface area contributed by atoms with Crippen LogP contribution in [0.3, 0.4) is 0 Å². The molecular formula is C22H26N2O4. The standard InChI is InChI=1S/C22H26N2O4/c1-4-14-27-18-11-9-17(10-12-18)21(25)23-24-22(26)19-7-5-6-8-20(19)28-15-13-16(2)3/h4-12,16H,1,13-15H2,2-3H3,(H,23,25)(H,24,26). The first kappa shape index (κ1) is 21.0. The fourth-order valence-electron chi connectivity index (χ4n) is 2.30. The van der Waals surface area contributed by atoms with E-state index in [1.165, 1.54) is 0 Å². The molecule has 0 radical (unpaired) electrons. The fraction of sp³-hybridized carbons (Fsp3) is 0.273. The van der Waals surface area contributed by atoms with Crippen molar-refractivity contribution in [2.24, 2.45) is 5.92 Å². The van der Waals surface area contributed by atoms with Crippen molar-refractivity contribution in [3.63, 3.8) is 0 Å². The normalized spacial score (nSPS) is 10.2. The minimum absolute atomic E-state index is 0.361. The van der Waals surface area contributed by atoms with Crippen LogP contribution in [0, 0.1) is 5.92 Å². The average Bonchev–Trinajstić information content (AvgIpc) is 2.70. The quantitative estimate of drug-likeness (QED) is 0.511. The van der Waals surface area contributed by atoms with Crippen molar-refractivity contribution < 1.29 is 19.1 Å². The molecule has 0 spiro atoms. The molecule has 0 aliphatic rings. The van der Waals surface area contributed by atoms with E-state index in [-0.39, 0.29) is 0 Å². The zero-order valence-corrected chi connectivity index (χ0v) is 16.2. The van der Waals surface area contributed by atoms with E-state index in [2.05, 4.69) is 31.3 Å². The van der Waals surface area contributed by atoms with Gasteiger partial charge in [0.25, 0.3) is 11.8 Å². The molecule has 2 rings (SSSR count). The Balaban J connectivity index is 1.92. The van der Waals surface area contributed by atoms with Crippen molar-refractivity contribution in [1.29, 1.82) is 0 Å². The van der Waals surface area contributed by atoms with Gasteiger partial charge in [-0.2, -0.15) is 0 Å². The van der Waals surface area contributed by atoms with Gasteiger partial charge in [-0.25, -0.2) is 0 Å². The molecule has 2 amide bonds. The van der Waals surface area contributed by atoms with Crippen LogP contribution < -0.4 is 20.3 Å². The van der Waals surface area contributed by atoms with Crippen LogP contribution in [0.4, 0.5) is 0 Å². The molecule has 0 bridgehead atoms. The van der Waals surface area contributed by atoms with Crippen LogP contribution in [-0.2, 0) is 0 Å². The van der Waals surface area contributed by atoms with E-state index < -0.39 is 11.8 Å². The smallest absolute Gasteiger partial charge is 0.273 e. The molecule has 0 atom stereocenters. The number of hydrogen-bond acceptors (Lipinski definition) is 4. The Morgan fingerprint density at radius 1 is 1.00 bits per heavy atom. The van der Waals surface area contributed by atoms with Gasteiger partial charge in [-0.3, -0.25) is 20.4 Å². The number of hydrazine groups is 1. The van der Waals surface area contributed by atoms with Crippen molar-refractivity contribution in [2.75, 3.05) is 13.2 Å². The number of hydrogen-bond donors (Lipinski definition) is 2. The van der Waals surface area contributed by atoms with E-state index in [4.69, 9.17) is 9.47 Å². The third-order valence-electron chi connectivity index (χ3n) is 3.86. The van der Waals surface area contributed by atoms with E-state index in [9.17, 15) is 9.59 Å². The summed E-state index contributed by atoms with van der Waals surface area (Å²) in [6.45, 7) is 8.70. The highest BCUT2D eigenvalue weighted by molar-refractivity contribution is 6.00. The highest BCUT2D eigenvalue weighted by atomic mass is 16.5. The molecule has 0 fully saturated rings. The van der Waals surface area contributed by atoms with Crippen molar-refractivity contribution in [1.82, 2.24) is 10.9 Å². The summed E-state index contributed by atoms with van der Waals surface area (Å²) in [5, 5.41) is 0. The molecule has 0 aliphatic heterocycles. The van der Waals surface area contributed by atoms with Crippen LogP contribution >= 0.6 is 0 Å². The molecule has 28 heavy (non-hydrogen) atoms. The lowest BCUT2D eigenvalue weighted by atomic mass is 10.1. The molecule has 2 aromatic carbocycles. The van der Waals surface area contributed by atoms with Crippen molar-refractivity contribution in [2.45, 2.75) is 20.3 Å². The van der Waals surface area contributed by atoms with Gasteiger partial charge in [-0.15, -0.1) is 0 Å². The number of carbonyl (C=O) groups is 2. The number of carbonyl (C=O) groups excluding carboxylic acids is 2. The number of benzene rings is 2. The molecule has 0 unspecified atom stereocenters. The summed E-state index contributed by atoms with van der Waals surface area (Å²) >= 11 is 0. The second-order valence-corrected chi connectivity index (χ2v) is 6.56. The summed E-state index contributed by atoms with van der Waals surface area (Å²) in [7, 11) is 0. The second-order valence-electron chi connectivity index (χ2n) is 6.56. The maximum Gasteiger partial charge on any atom is 0.273 e. The van der Waals surface area contributed by atoms with E-state index in [1.54, 1.807) is 54.6 Å². The van der Waals surface area contributed by atoms with Crippen molar-refractivity contribution in [3.05, 3.63) is 72.3 Å². The van der Waals surface area contributed by atoms with Gasteiger partial charge in [0.05, 0.1) is 12.2 Å². The average molecular weight is 382 g/mol. The molecule has 2 aromatic rings. The molecule has 0 saturated heterocycles. The highest BCUT2D eigenvalue weighted by Gasteiger charge is 2.14. The number of amides is 2. The summed E-state index contributed by atoms with van der Waals surface area (Å²) in [5.74, 6) is 0.752. The third-order valence-corrected chi connectivity index (χ3v) is 3.86. The van der Waals surface area contributed by atoms with Gasteiger partial charge in [0.15, 0.2) is 0 Å². The first-order valence-electron chi connectivity index (χ1n) is 9.17. The zero-order valence-electron chi connectivity index (χ0n) is 16.2. The van der Waals surface area contributed by atoms with Crippen LogP contribution in [0.1, 0.15) is 41.0 Å². The van der Waals surface area contributed by atoms with E-state index in [1.807, 2.05) is 0 Å². The topological polar surface area (TPSA) is 76.7 Å². The van der Waals surface area contributed by atoms with Gasteiger partial charge in [0, 0.05) is 5.56 Å². The first-order valence-corrected chi connectivity index (χ1v) is 9.17. The maximum atomic E-state index is 12.4. The Kier molecular flexibility index (Phi) is 8.09. The summed E-state index contributed by atoms with van der Waals surface area (Å²) < 4.78 is 11.1.